The highest BCUT2D eigenvalue weighted by atomic mass is 16.5. The topological polar surface area (TPSA) is 58.9 Å². The lowest BCUT2D eigenvalue weighted by Crippen LogP contribution is -2.37. The molecule has 2 fully saturated rings. The first kappa shape index (κ1) is 27.1. The van der Waals surface area contributed by atoms with Gasteiger partial charge in [-0.1, -0.05) is 53.9 Å². The summed E-state index contributed by atoms with van der Waals surface area (Å²) >= 11 is 0. The molecule has 4 nitrogen and oxygen atoms in total. The molecule has 0 aliphatic carbocycles. The van der Waals surface area contributed by atoms with Crippen LogP contribution >= 0.6 is 0 Å². The van der Waals surface area contributed by atoms with Gasteiger partial charge in [-0.05, 0) is 81.0 Å². The lowest BCUT2D eigenvalue weighted by molar-refractivity contribution is -0.0485. The average molecular weight is 441 g/mol. The maximum absolute atomic E-state index is 9.84. The zero-order valence-corrected chi connectivity index (χ0v) is 21.2. The lowest BCUT2D eigenvalue weighted by atomic mass is 9.73. The third-order valence-corrected chi connectivity index (χ3v) is 7.91. The molecule has 0 radical (unpaired) electrons. The summed E-state index contributed by atoms with van der Waals surface area (Å²) in [6, 6.07) is 0. The fourth-order valence-electron chi connectivity index (χ4n) is 5.58. The zero-order valence-electron chi connectivity index (χ0n) is 21.2. The van der Waals surface area contributed by atoms with E-state index in [1.54, 1.807) is 0 Å². The molecule has 4 heteroatoms. The van der Waals surface area contributed by atoms with E-state index in [-0.39, 0.29) is 24.0 Å². The molecule has 0 aromatic heterocycles. The molecule has 0 aromatic rings. The molecule has 0 bridgehead atoms. The highest BCUT2D eigenvalue weighted by Crippen LogP contribution is 2.40. The number of aliphatic hydroxyl groups is 2. The minimum atomic E-state index is -0.0594. The predicted octanol–water partition coefficient (Wildman–Crippen LogP) is 6.27. The van der Waals surface area contributed by atoms with E-state index in [9.17, 15) is 10.2 Å². The molecule has 0 saturated carbocycles. The summed E-state index contributed by atoms with van der Waals surface area (Å²) in [6.45, 7) is 11.4. The van der Waals surface area contributed by atoms with Gasteiger partial charge in [-0.15, -0.1) is 0 Å². The number of ether oxygens (including phenoxy) is 2. The Morgan fingerprint density at radius 3 is 1.94 bits per heavy atom. The summed E-state index contributed by atoms with van der Waals surface area (Å²) < 4.78 is 12.8. The maximum atomic E-state index is 9.84. The summed E-state index contributed by atoms with van der Waals surface area (Å²) in [5, 5.41) is 19.2. The molecule has 0 amide bonds. The second-order valence-electron chi connectivity index (χ2n) is 11.9. The highest BCUT2D eigenvalue weighted by Gasteiger charge is 2.39. The molecular formula is C27H52O4. The summed E-state index contributed by atoms with van der Waals surface area (Å²) in [4.78, 5) is 0. The van der Waals surface area contributed by atoms with Crippen LogP contribution in [0.3, 0.4) is 0 Å². The Kier molecular flexibility index (Phi) is 11.3. The van der Waals surface area contributed by atoms with E-state index in [0.717, 1.165) is 32.1 Å². The summed E-state index contributed by atoms with van der Waals surface area (Å²) in [6.07, 6.45) is 16.8. The minimum Gasteiger partial charge on any atom is -0.396 e. The molecular weight excluding hydrogens is 388 g/mol. The fourth-order valence-corrected chi connectivity index (χ4v) is 5.58. The van der Waals surface area contributed by atoms with Crippen LogP contribution in [0.2, 0.25) is 0 Å². The maximum Gasteiger partial charge on any atom is 0.0613 e. The Morgan fingerprint density at radius 2 is 1.35 bits per heavy atom. The van der Waals surface area contributed by atoms with Crippen molar-refractivity contribution in [2.45, 2.75) is 143 Å². The van der Waals surface area contributed by atoms with E-state index in [1.165, 1.54) is 51.4 Å². The van der Waals surface area contributed by atoms with Crippen molar-refractivity contribution in [3.63, 3.8) is 0 Å². The van der Waals surface area contributed by atoms with E-state index in [4.69, 9.17) is 9.47 Å². The SMILES string of the molecule is CCCC(C1CCC(CCCC2CCC(CCCCC(C)(C)CO)O2)O1)C(C)(C)CO. The van der Waals surface area contributed by atoms with Gasteiger partial charge in [0.1, 0.15) is 0 Å². The molecule has 2 aliphatic rings. The number of aliphatic hydroxyl groups excluding tert-OH is 2. The van der Waals surface area contributed by atoms with Crippen molar-refractivity contribution in [2.75, 3.05) is 13.2 Å². The molecule has 0 aromatic carbocycles. The average Bonchev–Trinajstić information content (AvgIpc) is 3.39. The van der Waals surface area contributed by atoms with Gasteiger partial charge in [0.05, 0.1) is 24.4 Å². The van der Waals surface area contributed by atoms with Crippen LogP contribution in [0, 0.1) is 16.7 Å². The van der Waals surface area contributed by atoms with Gasteiger partial charge in [-0.3, -0.25) is 0 Å². The Labute approximate surface area is 192 Å². The first-order valence-electron chi connectivity index (χ1n) is 13.2. The molecule has 2 heterocycles. The van der Waals surface area contributed by atoms with E-state index < -0.39 is 0 Å². The van der Waals surface area contributed by atoms with Gasteiger partial charge in [-0.25, -0.2) is 0 Å². The molecule has 0 spiro atoms. The molecule has 2 rings (SSSR count). The van der Waals surface area contributed by atoms with Gasteiger partial charge < -0.3 is 19.7 Å². The van der Waals surface area contributed by atoms with E-state index >= 15 is 0 Å². The van der Waals surface area contributed by atoms with Crippen molar-refractivity contribution in [1.29, 1.82) is 0 Å². The Morgan fingerprint density at radius 1 is 0.774 bits per heavy atom. The third kappa shape index (κ3) is 8.95. The van der Waals surface area contributed by atoms with Crippen LogP contribution in [0.25, 0.3) is 0 Å². The van der Waals surface area contributed by atoms with Crippen LogP contribution in [0.5, 0.6) is 0 Å². The van der Waals surface area contributed by atoms with Crippen LogP contribution in [-0.4, -0.2) is 47.8 Å². The van der Waals surface area contributed by atoms with E-state index in [2.05, 4.69) is 34.6 Å². The number of hydrogen-bond donors (Lipinski definition) is 2. The van der Waals surface area contributed by atoms with Crippen molar-refractivity contribution < 1.29 is 19.7 Å². The van der Waals surface area contributed by atoms with Crippen molar-refractivity contribution >= 4 is 0 Å². The Hall–Kier alpha value is -0.160. The Bertz CT molecular complexity index is 490. The standard InChI is InChI=1S/C27H52O4/c1-6-10-24(27(4,5)20-29)25-17-16-23(31-25)13-9-12-22-15-14-21(30-22)11-7-8-18-26(2,3)19-28/h21-25,28-29H,6-20H2,1-5H3. The van der Waals surface area contributed by atoms with Crippen molar-refractivity contribution in [2.24, 2.45) is 16.7 Å². The third-order valence-electron chi connectivity index (χ3n) is 7.91. The lowest BCUT2D eigenvalue weighted by Gasteiger charge is -2.36. The quantitative estimate of drug-likeness (QED) is 0.295. The van der Waals surface area contributed by atoms with Crippen LogP contribution in [-0.2, 0) is 9.47 Å². The van der Waals surface area contributed by atoms with Crippen LogP contribution in [0.4, 0.5) is 0 Å². The van der Waals surface area contributed by atoms with Gasteiger partial charge in [0.15, 0.2) is 0 Å². The molecule has 2 N–H and O–H groups in total. The number of hydrogen-bond acceptors (Lipinski definition) is 4. The predicted molar refractivity (Wildman–Crippen MR) is 128 cm³/mol. The van der Waals surface area contributed by atoms with Gasteiger partial charge in [-0.2, -0.15) is 0 Å². The van der Waals surface area contributed by atoms with E-state index in [0.29, 0.717) is 30.3 Å². The number of rotatable bonds is 15. The van der Waals surface area contributed by atoms with E-state index in [1.807, 2.05) is 0 Å². The van der Waals surface area contributed by atoms with Crippen molar-refractivity contribution in [3.8, 4) is 0 Å². The fraction of sp³-hybridized carbons (Fsp3) is 1.00. The second-order valence-corrected chi connectivity index (χ2v) is 11.9. The first-order valence-corrected chi connectivity index (χ1v) is 13.2. The molecule has 2 saturated heterocycles. The van der Waals surface area contributed by atoms with Crippen LogP contribution < -0.4 is 0 Å². The van der Waals surface area contributed by atoms with Crippen LogP contribution in [0.15, 0.2) is 0 Å². The molecule has 2 aliphatic heterocycles. The molecule has 184 valence electrons. The number of unbranched alkanes of at least 4 members (excludes halogenated alkanes) is 1. The smallest absolute Gasteiger partial charge is 0.0613 e. The van der Waals surface area contributed by atoms with Gasteiger partial charge in [0.25, 0.3) is 0 Å². The van der Waals surface area contributed by atoms with Gasteiger partial charge in [0, 0.05) is 13.2 Å². The monoisotopic (exact) mass is 440 g/mol. The summed E-state index contributed by atoms with van der Waals surface area (Å²) in [5.41, 5.74) is 0.000898. The minimum absolute atomic E-state index is 0.0594. The highest BCUT2D eigenvalue weighted by molar-refractivity contribution is 4.88. The van der Waals surface area contributed by atoms with Gasteiger partial charge >= 0.3 is 0 Å². The molecule has 5 unspecified atom stereocenters. The van der Waals surface area contributed by atoms with Gasteiger partial charge in [0.2, 0.25) is 0 Å². The normalized spacial score (nSPS) is 28.4. The summed E-state index contributed by atoms with van der Waals surface area (Å²) in [5.74, 6) is 0.453. The first-order chi connectivity index (χ1) is 14.7. The molecule has 31 heavy (non-hydrogen) atoms. The van der Waals surface area contributed by atoms with Crippen molar-refractivity contribution in [1.82, 2.24) is 0 Å². The van der Waals surface area contributed by atoms with Crippen molar-refractivity contribution in [3.05, 3.63) is 0 Å². The molecule has 5 atom stereocenters. The largest absolute Gasteiger partial charge is 0.396 e. The second kappa shape index (κ2) is 12.9. The zero-order chi connectivity index (χ0) is 22.9. The Balaban J connectivity index is 1.61. The van der Waals surface area contributed by atoms with Crippen LogP contribution in [0.1, 0.15) is 118 Å². The summed E-state index contributed by atoms with van der Waals surface area (Å²) in [7, 11) is 0.